The molecule has 0 atom stereocenters. The molecule has 0 aliphatic carbocycles. The van der Waals surface area contributed by atoms with Crippen molar-refractivity contribution in [3.63, 3.8) is 0 Å². The lowest BCUT2D eigenvalue weighted by atomic mass is 10.4. The van der Waals surface area contributed by atoms with Crippen LogP contribution >= 0.6 is 11.8 Å². The molecular formula is C9H10N2OS. The van der Waals surface area contributed by atoms with Gasteiger partial charge in [0.25, 0.3) is 0 Å². The van der Waals surface area contributed by atoms with Crippen molar-refractivity contribution < 1.29 is 4.79 Å². The third kappa shape index (κ3) is 4.38. The number of aromatic amines is 1. The summed E-state index contributed by atoms with van der Waals surface area (Å²) in [6.07, 6.45) is 2.39. The number of rotatable bonds is 2. The van der Waals surface area contributed by atoms with Crippen LogP contribution in [0.4, 0.5) is 0 Å². The Bertz CT molecular complexity index is 321. The number of nitrogens with one attached hydrogen (secondary N) is 1. The van der Waals surface area contributed by atoms with E-state index in [1.54, 1.807) is 13.1 Å². The first-order chi connectivity index (χ1) is 6.29. The molecule has 1 aromatic heterocycles. The summed E-state index contributed by atoms with van der Waals surface area (Å²) in [4.78, 5) is 10.5. The van der Waals surface area contributed by atoms with Gasteiger partial charge in [-0.25, -0.2) is 0 Å². The van der Waals surface area contributed by atoms with Crippen LogP contribution in [0.1, 0.15) is 19.0 Å². The first-order valence-electron chi connectivity index (χ1n) is 3.90. The van der Waals surface area contributed by atoms with Crippen molar-refractivity contribution in [2.45, 2.75) is 13.3 Å². The Hall–Kier alpha value is -1.21. The molecule has 0 saturated carbocycles. The van der Waals surface area contributed by atoms with Gasteiger partial charge in [-0.1, -0.05) is 17.7 Å². The van der Waals surface area contributed by atoms with Crippen molar-refractivity contribution in [2.24, 2.45) is 0 Å². The van der Waals surface area contributed by atoms with E-state index >= 15 is 0 Å². The second-order valence-electron chi connectivity index (χ2n) is 2.36. The molecule has 4 heteroatoms. The summed E-state index contributed by atoms with van der Waals surface area (Å²) in [5.41, 5.74) is 0.813. The number of carbonyl (C=O) groups is 1. The second kappa shape index (κ2) is 5.44. The highest BCUT2D eigenvalue weighted by molar-refractivity contribution is 8.13. The lowest BCUT2D eigenvalue weighted by Crippen LogP contribution is -1.84. The molecule has 0 saturated heterocycles. The van der Waals surface area contributed by atoms with E-state index in [1.807, 2.05) is 6.07 Å². The normalized spacial score (nSPS) is 9.00. The smallest absolute Gasteiger partial charge is 0.185 e. The first kappa shape index (κ1) is 9.87. The minimum Gasteiger partial charge on any atom is -0.288 e. The van der Waals surface area contributed by atoms with Gasteiger partial charge in [-0.05, 0) is 12.0 Å². The number of hydrogen-bond acceptors (Lipinski definition) is 3. The van der Waals surface area contributed by atoms with Crippen LogP contribution in [0.2, 0.25) is 0 Å². The third-order valence-electron chi connectivity index (χ3n) is 1.26. The molecular weight excluding hydrogens is 184 g/mol. The molecule has 0 bridgehead atoms. The van der Waals surface area contributed by atoms with E-state index < -0.39 is 0 Å². The maximum Gasteiger partial charge on any atom is 0.185 e. The summed E-state index contributed by atoms with van der Waals surface area (Å²) in [6.45, 7) is 1.56. The van der Waals surface area contributed by atoms with Gasteiger partial charge in [0, 0.05) is 25.3 Å². The Morgan fingerprint density at radius 3 is 3.23 bits per heavy atom. The number of nitrogens with zero attached hydrogens (tertiary/aromatic N) is 1. The second-order valence-corrected chi connectivity index (χ2v) is 3.63. The van der Waals surface area contributed by atoms with Gasteiger partial charge < -0.3 is 0 Å². The van der Waals surface area contributed by atoms with Gasteiger partial charge in [0.15, 0.2) is 5.12 Å². The van der Waals surface area contributed by atoms with Crippen LogP contribution in [0.25, 0.3) is 0 Å². The predicted molar refractivity (Wildman–Crippen MR) is 53.2 cm³/mol. The average Bonchev–Trinajstić information content (AvgIpc) is 2.55. The molecule has 1 rings (SSSR count). The third-order valence-corrected chi connectivity index (χ3v) is 2.07. The van der Waals surface area contributed by atoms with Crippen LogP contribution in [0, 0.1) is 11.8 Å². The largest absolute Gasteiger partial charge is 0.288 e. The van der Waals surface area contributed by atoms with E-state index in [9.17, 15) is 4.79 Å². The minimum atomic E-state index is 0.142. The van der Waals surface area contributed by atoms with Crippen LogP contribution < -0.4 is 0 Å². The molecule has 0 unspecified atom stereocenters. The number of aromatic nitrogens is 2. The maximum atomic E-state index is 10.5. The van der Waals surface area contributed by atoms with E-state index in [2.05, 4.69) is 22.0 Å². The van der Waals surface area contributed by atoms with Crippen molar-refractivity contribution in [1.29, 1.82) is 0 Å². The highest BCUT2D eigenvalue weighted by Crippen LogP contribution is 2.01. The summed E-state index contributed by atoms with van der Waals surface area (Å²) < 4.78 is 0. The highest BCUT2D eigenvalue weighted by Gasteiger charge is 1.90. The number of thioether (sulfide) groups is 1. The molecule has 0 fully saturated rings. The van der Waals surface area contributed by atoms with Crippen LogP contribution in [0.3, 0.4) is 0 Å². The number of hydrogen-bond donors (Lipinski definition) is 1. The van der Waals surface area contributed by atoms with Crippen molar-refractivity contribution >= 4 is 16.9 Å². The number of carbonyl (C=O) groups excluding carboxylic acids is 1. The molecule has 0 aliphatic rings. The van der Waals surface area contributed by atoms with Gasteiger partial charge in [-0.15, -0.1) is 0 Å². The zero-order chi connectivity index (χ0) is 9.52. The Labute approximate surface area is 81.3 Å². The summed E-state index contributed by atoms with van der Waals surface area (Å²) in [6, 6.07) is 1.81. The summed E-state index contributed by atoms with van der Waals surface area (Å²) in [7, 11) is 0. The predicted octanol–water partition coefficient (Wildman–Crippen LogP) is 1.43. The van der Waals surface area contributed by atoms with Gasteiger partial charge >= 0.3 is 0 Å². The fraction of sp³-hybridized carbons (Fsp3) is 0.333. The zero-order valence-corrected chi connectivity index (χ0v) is 8.15. The molecule has 1 heterocycles. The minimum absolute atomic E-state index is 0.142. The SMILES string of the molecule is CC(=O)SCCC#Cc1ccn[nH]1. The molecule has 0 aliphatic heterocycles. The quantitative estimate of drug-likeness (QED) is 0.572. The van der Waals surface area contributed by atoms with Crippen LogP contribution in [0.15, 0.2) is 12.3 Å². The van der Waals surface area contributed by atoms with E-state index in [1.165, 1.54) is 11.8 Å². The van der Waals surface area contributed by atoms with E-state index in [0.29, 0.717) is 0 Å². The molecule has 0 radical (unpaired) electrons. The Kier molecular flexibility index (Phi) is 4.13. The van der Waals surface area contributed by atoms with E-state index in [4.69, 9.17) is 0 Å². The van der Waals surface area contributed by atoms with E-state index in [-0.39, 0.29) is 5.12 Å². The molecule has 0 amide bonds. The summed E-state index contributed by atoms with van der Waals surface area (Å²) in [5.74, 6) is 6.61. The van der Waals surface area contributed by atoms with Crippen molar-refractivity contribution in [1.82, 2.24) is 10.2 Å². The van der Waals surface area contributed by atoms with Gasteiger partial charge in [0.2, 0.25) is 0 Å². The van der Waals surface area contributed by atoms with Crippen molar-refractivity contribution in [3.05, 3.63) is 18.0 Å². The molecule has 1 aromatic rings. The monoisotopic (exact) mass is 194 g/mol. The molecule has 0 spiro atoms. The fourth-order valence-corrected chi connectivity index (χ4v) is 1.22. The first-order valence-corrected chi connectivity index (χ1v) is 4.89. The van der Waals surface area contributed by atoms with Gasteiger partial charge in [-0.3, -0.25) is 9.89 Å². The van der Waals surface area contributed by atoms with Crippen LogP contribution in [-0.2, 0) is 4.79 Å². The Balaban J connectivity index is 2.22. The number of H-pyrrole nitrogens is 1. The Morgan fingerprint density at radius 2 is 2.62 bits per heavy atom. The molecule has 3 nitrogen and oxygen atoms in total. The molecule has 1 N–H and O–H groups in total. The summed E-state index contributed by atoms with van der Waals surface area (Å²) >= 11 is 1.30. The summed E-state index contributed by atoms with van der Waals surface area (Å²) in [5, 5.41) is 6.64. The maximum absolute atomic E-state index is 10.5. The molecule has 0 aromatic carbocycles. The van der Waals surface area contributed by atoms with Crippen molar-refractivity contribution in [3.8, 4) is 11.8 Å². The highest BCUT2D eigenvalue weighted by atomic mass is 32.2. The van der Waals surface area contributed by atoms with Crippen molar-refractivity contribution in [2.75, 3.05) is 5.75 Å². The fourth-order valence-electron chi connectivity index (χ4n) is 0.729. The van der Waals surface area contributed by atoms with Crippen LogP contribution in [0.5, 0.6) is 0 Å². The topological polar surface area (TPSA) is 45.8 Å². The van der Waals surface area contributed by atoms with Crippen LogP contribution in [-0.4, -0.2) is 21.1 Å². The lowest BCUT2D eigenvalue weighted by Gasteiger charge is -1.87. The van der Waals surface area contributed by atoms with Gasteiger partial charge in [-0.2, -0.15) is 5.10 Å². The Morgan fingerprint density at radius 1 is 1.77 bits per heavy atom. The molecule has 68 valence electrons. The lowest BCUT2D eigenvalue weighted by molar-refractivity contribution is -0.109. The van der Waals surface area contributed by atoms with Gasteiger partial charge in [0.05, 0.1) is 0 Å². The zero-order valence-electron chi connectivity index (χ0n) is 7.33. The molecule has 13 heavy (non-hydrogen) atoms. The average molecular weight is 194 g/mol. The van der Waals surface area contributed by atoms with Gasteiger partial charge in [0.1, 0.15) is 5.69 Å². The standard InChI is InChI=1S/C9H10N2OS/c1-8(12)13-7-3-2-4-9-5-6-10-11-9/h5-6H,3,7H2,1H3,(H,10,11). The van der Waals surface area contributed by atoms with E-state index in [0.717, 1.165) is 17.9 Å².